The maximum absolute atomic E-state index is 13.0. The average Bonchev–Trinajstić information content (AvgIpc) is 1.52. The van der Waals surface area contributed by atoms with Crippen molar-refractivity contribution >= 4 is 23.1 Å². The van der Waals surface area contributed by atoms with Gasteiger partial charge in [-0.2, -0.15) is 20.4 Å². The second-order valence-corrected chi connectivity index (χ2v) is 42.1. The number of rotatable bonds is 14. The van der Waals surface area contributed by atoms with Crippen molar-refractivity contribution in [3.63, 3.8) is 0 Å². The number of benzene rings is 11. The highest BCUT2D eigenvalue weighted by molar-refractivity contribution is 6.03. The van der Waals surface area contributed by atoms with Crippen LogP contribution in [0.25, 0.3) is 120 Å². The van der Waals surface area contributed by atoms with Gasteiger partial charge < -0.3 is 19.2 Å². The number of allylic oxidation sites excluding steroid dienone is 8. The summed E-state index contributed by atoms with van der Waals surface area (Å²) in [5.41, 5.74) is 33.5. The van der Waals surface area contributed by atoms with Crippen LogP contribution in [0.1, 0.15) is 181 Å². The molecule has 11 aromatic carbocycles. The van der Waals surface area contributed by atoms with Gasteiger partial charge in [0.2, 0.25) is 22.8 Å². The average molecular weight is 1910 g/mol. The van der Waals surface area contributed by atoms with Crippen LogP contribution in [0.5, 0.6) is 0 Å². The first-order valence-electron chi connectivity index (χ1n) is 51.8. The summed E-state index contributed by atoms with van der Waals surface area (Å²) in [6, 6.07) is 102. The molecule has 722 valence electrons. The minimum absolute atomic E-state index is 0.00313. The minimum Gasteiger partial charge on any atom is -0.308 e. The van der Waals surface area contributed by atoms with E-state index in [1.165, 1.54) is 91.0 Å². The second kappa shape index (κ2) is 38.9. The number of aromatic nitrogens is 8. The summed E-state index contributed by atoms with van der Waals surface area (Å²) in [7, 11) is 0. The number of carbonyl (C=O) groups excluding carboxylic acids is 4. The number of carbonyl (C=O) groups is 4. The van der Waals surface area contributed by atoms with Gasteiger partial charge in [-0.15, -0.1) is 0 Å². The van der Waals surface area contributed by atoms with Crippen LogP contribution >= 0.6 is 0 Å². The summed E-state index contributed by atoms with van der Waals surface area (Å²) in [5.74, 6) is 0.297. The zero-order valence-corrected chi connectivity index (χ0v) is 84.7. The highest BCUT2D eigenvalue weighted by Crippen LogP contribution is 2.59. The molecule has 0 radical (unpaired) electrons. The number of Topliss-reactive ketones (excluding diaryl/α,β-unsaturated/α-hetero) is 4. The molecule has 0 saturated heterocycles. The molecular formula is C130H118N12O4. The molecule has 1 fully saturated rings. The maximum atomic E-state index is 13.0. The van der Waals surface area contributed by atoms with E-state index in [-0.39, 0.29) is 98.7 Å². The van der Waals surface area contributed by atoms with Crippen LogP contribution in [-0.4, -0.2) is 62.3 Å². The third-order valence-corrected chi connectivity index (χ3v) is 33.7. The van der Waals surface area contributed by atoms with Gasteiger partial charge in [0.25, 0.3) is 0 Å². The van der Waals surface area contributed by atoms with Crippen molar-refractivity contribution in [1.82, 2.24) is 39.1 Å². The Labute approximate surface area is 856 Å². The molecule has 15 aromatic rings. The number of ketones is 4. The van der Waals surface area contributed by atoms with Gasteiger partial charge in [-0.05, 0) is 223 Å². The first kappa shape index (κ1) is 96.0. The van der Waals surface area contributed by atoms with Gasteiger partial charge in [-0.1, -0.05) is 336 Å². The van der Waals surface area contributed by atoms with Crippen molar-refractivity contribution in [3.8, 4) is 101 Å². The van der Waals surface area contributed by atoms with Crippen molar-refractivity contribution in [2.24, 2.45) is 47.3 Å². The van der Waals surface area contributed by atoms with E-state index >= 15 is 0 Å². The molecule has 1 saturated carbocycles. The Bertz CT molecular complexity index is 7720. The molecular weight excluding hydrogens is 1790 g/mol. The Balaban J connectivity index is 0.000000115. The highest BCUT2D eigenvalue weighted by Gasteiger charge is 2.56. The molecule has 9 aliphatic rings. The molecule has 4 heterocycles. The van der Waals surface area contributed by atoms with Crippen LogP contribution in [0.4, 0.5) is 0 Å². The van der Waals surface area contributed by atoms with Crippen LogP contribution in [0.15, 0.2) is 338 Å². The number of fused-ring (bicyclic) bond motifs is 12. The van der Waals surface area contributed by atoms with Crippen molar-refractivity contribution in [2.75, 3.05) is 0 Å². The summed E-state index contributed by atoms with van der Waals surface area (Å²) in [5, 5.41) is 20.9. The lowest BCUT2D eigenvalue weighted by molar-refractivity contribution is -0.122. The molecule has 0 aliphatic heterocycles. The highest BCUT2D eigenvalue weighted by atomic mass is 16.1. The molecule has 146 heavy (non-hydrogen) atoms. The quantitative estimate of drug-likeness (QED) is 0.0974. The predicted molar refractivity (Wildman–Crippen MR) is 580 cm³/mol. The SMILES string of the molecule is [C-]#[N+]C1=C[C@@]2(C)c3c(c(-c4ccc(CC)cc4)nn3-c3ccc(-c4ccccc4)cc3)CC[C@@H]2[C@@H](C)C1=O.[C-]#[N+]C1=C[C@@]2(C)c3c(c(-c4ccc(CC)cc4)nn3-c3ccc(-c4ccccc4)cc3)CC[C@@H]2[C@@H](C)C1=O.[C-]#[N+]C1=C[C@@]2(C)c3c(c(-c4ccccc4C)nn3-c3ccc(-c4ccccc4)cc3)CC[C@@H]2[C@@H](C)C1=O.[C-]#[N+]C1=C[C@@]2(C)c3c(c(C4CC4)nn3-c3ccc(-c4ccccc4)cc3)CC[C@@H]2[C@@H](C)C1=O. The van der Waals surface area contributed by atoms with Gasteiger partial charge in [-0.3, -0.25) is 0 Å². The molecule has 4 aromatic heterocycles. The predicted octanol–water partition coefficient (Wildman–Crippen LogP) is 28.8. The van der Waals surface area contributed by atoms with Crippen LogP contribution < -0.4 is 0 Å². The van der Waals surface area contributed by atoms with Crippen molar-refractivity contribution in [2.45, 2.75) is 181 Å². The molecule has 0 spiro atoms. The molecule has 16 nitrogen and oxygen atoms in total. The van der Waals surface area contributed by atoms with E-state index in [1.54, 1.807) is 0 Å². The Morgan fingerprint density at radius 3 is 0.801 bits per heavy atom. The molecule has 0 N–H and O–H groups in total. The van der Waals surface area contributed by atoms with Gasteiger partial charge in [0.1, 0.15) is 0 Å². The summed E-state index contributed by atoms with van der Waals surface area (Å²) in [4.78, 5) is 66.3. The van der Waals surface area contributed by atoms with Gasteiger partial charge in [0.15, 0.2) is 23.1 Å². The lowest BCUT2D eigenvalue weighted by Crippen LogP contribution is -2.46. The van der Waals surface area contributed by atoms with Crippen LogP contribution in [0.3, 0.4) is 0 Å². The molecule has 16 heteroatoms. The number of nitrogens with zero attached hydrogens (tertiary/aromatic N) is 12. The second-order valence-electron chi connectivity index (χ2n) is 42.1. The lowest BCUT2D eigenvalue weighted by Gasteiger charge is -2.45. The van der Waals surface area contributed by atoms with E-state index in [0.717, 1.165) is 155 Å². The zero-order valence-electron chi connectivity index (χ0n) is 84.7. The van der Waals surface area contributed by atoms with Crippen LogP contribution in [0, 0.1) is 80.6 Å². The van der Waals surface area contributed by atoms with Gasteiger partial charge >= 0.3 is 0 Å². The van der Waals surface area contributed by atoms with Gasteiger partial charge in [0, 0.05) is 84.6 Å². The zero-order chi connectivity index (χ0) is 101. The number of aryl methyl sites for hydroxylation is 3. The van der Waals surface area contributed by atoms with E-state index in [4.69, 9.17) is 46.7 Å². The molecule has 12 atom stereocenters. The van der Waals surface area contributed by atoms with Crippen LogP contribution in [-0.2, 0) is 79.4 Å². The minimum atomic E-state index is -0.465. The molecule has 0 bridgehead atoms. The van der Waals surface area contributed by atoms with E-state index in [2.05, 4.69) is 353 Å². The Morgan fingerprint density at radius 1 is 0.288 bits per heavy atom. The summed E-state index contributed by atoms with van der Waals surface area (Å²) in [6.07, 6.45) is 19.4. The first-order valence-corrected chi connectivity index (χ1v) is 51.8. The lowest BCUT2D eigenvalue weighted by atomic mass is 9.58. The summed E-state index contributed by atoms with van der Waals surface area (Å²) < 4.78 is 8.38. The Kier molecular flexibility index (Phi) is 25.5. The van der Waals surface area contributed by atoms with E-state index < -0.39 is 16.2 Å². The summed E-state index contributed by atoms with van der Waals surface area (Å²) >= 11 is 0. The normalized spacial score (nSPS) is 23.2. The molecule has 0 unspecified atom stereocenters. The molecule has 9 aliphatic carbocycles. The number of hydrogen-bond donors (Lipinski definition) is 0. The van der Waals surface area contributed by atoms with E-state index in [1.807, 2.05) is 76.3 Å². The third-order valence-electron chi connectivity index (χ3n) is 33.7. The molecule has 24 rings (SSSR count). The van der Waals surface area contributed by atoms with E-state index in [0.29, 0.717) is 5.92 Å². The van der Waals surface area contributed by atoms with Gasteiger partial charge in [0.05, 0.1) is 94.6 Å². The fourth-order valence-corrected chi connectivity index (χ4v) is 25.8. The van der Waals surface area contributed by atoms with Crippen molar-refractivity contribution in [1.29, 1.82) is 0 Å². The monoisotopic (exact) mass is 1910 g/mol. The fourth-order valence-electron chi connectivity index (χ4n) is 25.8. The fraction of sp³-hybridized carbons (Fsp3) is 0.277. The smallest absolute Gasteiger partial charge is 0.226 e. The topological polar surface area (TPSA) is 157 Å². The maximum Gasteiger partial charge on any atom is 0.226 e. The van der Waals surface area contributed by atoms with Crippen molar-refractivity contribution < 1.29 is 19.2 Å². The first-order chi connectivity index (χ1) is 70.8. The van der Waals surface area contributed by atoms with Gasteiger partial charge in [-0.25, -0.2) is 38.1 Å². The molecule has 0 amide bonds. The van der Waals surface area contributed by atoms with Crippen molar-refractivity contribution in [3.05, 3.63) is 451 Å². The van der Waals surface area contributed by atoms with Crippen LogP contribution in [0.2, 0.25) is 0 Å². The largest absolute Gasteiger partial charge is 0.308 e. The Hall–Kier alpha value is -16.1. The third kappa shape index (κ3) is 16.8. The Morgan fingerprint density at radius 2 is 0.527 bits per heavy atom. The van der Waals surface area contributed by atoms with E-state index in [9.17, 15) is 19.2 Å². The summed E-state index contributed by atoms with van der Waals surface area (Å²) in [6.45, 7) is 54.0. The standard InChI is InChI=1S/2C34H31N3O.C33H29N3O.C29H27N3O/c2*1-5-23-11-13-26(14-12-23)31-28-19-20-29-22(2)32(38)30(35-4)21-34(29,3)33(28)37(36-31)27-17-15-25(16-18-27)24-9-7-6-8-10-24;1-21-10-8-9-13-26(21)30-27-18-19-28-22(2)31(37)29(34-4)20-33(28,3)32(27)36(35-30)25-16-14-24(15-17-25)23-11-6-5-7-12-23;1-18-24-16-15-23-26(21-9-10-21)31-32(28(23)29(24,2)17-25(30-3)27(18)33)22-13-11-20(12-14-22)19-7-5-4-6-8-19/h2*6-18,21-22,29H,5,19-20H2,1-3H3;5-17,20,22,28H,18-19H2,1-3H3;4-8,11-14,17-18,21,24H,9-10,15-16H2,1-2H3/t2*22-,29-,34-;22-,28-,33-;18-,24-,29-/m1111/s1. The number of hydrogen-bond acceptors (Lipinski definition) is 8.